The molecule has 0 fully saturated rings. The molecule has 1 aromatic heterocycles. The Morgan fingerprint density at radius 2 is 0.902 bits per heavy atom. The fourth-order valence-corrected chi connectivity index (χ4v) is 9.02. The smallest absolute Gasteiger partial charge is 0.0626 e. The average molecular weight is 648 g/mol. The zero-order valence-electron chi connectivity index (χ0n) is 28.1. The largest absolute Gasteiger partial charge is 0.307 e. The third kappa shape index (κ3) is 4.09. The Kier molecular flexibility index (Phi) is 6.15. The lowest BCUT2D eigenvalue weighted by Gasteiger charge is -2.20. The van der Waals surface area contributed by atoms with Crippen LogP contribution in [0, 0.1) is 0 Å². The van der Waals surface area contributed by atoms with Crippen molar-refractivity contribution in [2.24, 2.45) is 0 Å². The Morgan fingerprint density at radius 3 is 1.63 bits per heavy atom. The monoisotopic (exact) mass is 647 g/mol. The van der Waals surface area contributed by atoms with E-state index in [9.17, 15) is 0 Å². The maximum absolute atomic E-state index is 2.60. The van der Waals surface area contributed by atoms with Crippen molar-refractivity contribution < 1.29 is 0 Å². The molecule has 0 aliphatic heterocycles. The molecular weight excluding hydrogens is 615 g/mol. The zero-order valence-corrected chi connectivity index (χ0v) is 28.1. The van der Waals surface area contributed by atoms with Gasteiger partial charge in [0.25, 0.3) is 0 Å². The van der Waals surface area contributed by atoms with Gasteiger partial charge in [0.1, 0.15) is 0 Å². The Bertz CT molecular complexity index is 3110. The first-order valence-electron chi connectivity index (χ1n) is 18.0. The van der Waals surface area contributed by atoms with Crippen LogP contribution in [-0.4, -0.2) is 4.57 Å². The van der Waals surface area contributed by atoms with Crippen LogP contribution in [0.3, 0.4) is 0 Å². The fourth-order valence-electron chi connectivity index (χ4n) is 9.02. The van der Waals surface area contributed by atoms with Gasteiger partial charge in [0.2, 0.25) is 0 Å². The van der Waals surface area contributed by atoms with Crippen LogP contribution in [0.25, 0.3) is 105 Å². The molecule has 0 atom stereocenters. The van der Waals surface area contributed by atoms with E-state index in [2.05, 4.69) is 181 Å². The van der Waals surface area contributed by atoms with Crippen molar-refractivity contribution in [3.05, 3.63) is 174 Å². The quantitative estimate of drug-likeness (QED) is 0.133. The summed E-state index contributed by atoms with van der Waals surface area (Å²) in [7, 11) is 0. The molecule has 9 aromatic carbocycles. The molecule has 10 aromatic rings. The van der Waals surface area contributed by atoms with Crippen molar-refractivity contribution in [2.75, 3.05) is 0 Å². The van der Waals surface area contributed by atoms with E-state index < -0.39 is 0 Å². The van der Waals surface area contributed by atoms with Gasteiger partial charge in [-0.25, -0.2) is 0 Å². The molecule has 0 bridgehead atoms. The van der Waals surface area contributed by atoms with Crippen molar-refractivity contribution in [2.45, 2.75) is 12.8 Å². The van der Waals surface area contributed by atoms with Crippen LogP contribution in [0.5, 0.6) is 0 Å². The van der Waals surface area contributed by atoms with E-state index in [0.717, 1.165) is 12.8 Å². The van der Waals surface area contributed by atoms with Gasteiger partial charge in [0.05, 0.1) is 16.7 Å². The lowest BCUT2D eigenvalue weighted by molar-refractivity contribution is 1.12. The van der Waals surface area contributed by atoms with Gasteiger partial charge in [0.15, 0.2) is 0 Å². The summed E-state index contributed by atoms with van der Waals surface area (Å²) in [5.74, 6) is 0. The van der Waals surface area contributed by atoms with E-state index in [0.29, 0.717) is 0 Å². The second-order valence-corrected chi connectivity index (χ2v) is 13.9. The van der Waals surface area contributed by atoms with Crippen molar-refractivity contribution in [3.8, 4) is 27.9 Å². The SMILES string of the molecule is C1=c2ccc3c4ccccc4c4c(c5ccccc5n4-c4c5ccccc5c(-c5ccc(-c6ccccc6)cc5)c5ccccc45)c3c2=CCC1. The molecule has 1 heterocycles. The van der Waals surface area contributed by atoms with Crippen LogP contribution in [0.2, 0.25) is 0 Å². The van der Waals surface area contributed by atoms with Gasteiger partial charge in [-0.15, -0.1) is 0 Å². The maximum Gasteiger partial charge on any atom is 0.0626 e. The Morgan fingerprint density at radius 1 is 0.353 bits per heavy atom. The standard InChI is InChI=1S/C50H33N/c1-2-14-32(15-3-1)33-26-28-35(29-27-33)46-38-19-7-10-22-42(38)49(43-23-11-8-20-39(43)46)51-45-25-13-12-24-44(45)48-47-36-17-5-4-16-34(36)30-31-40(47)37-18-6-9-21-41(37)50(48)51/h1-3,6-31H,4-5H2. The molecule has 0 amide bonds. The van der Waals surface area contributed by atoms with Crippen LogP contribution < -0.4 is 10.4 Å². The first-order valence-corrected chi connectivity index (χ1v) is 18.0. The topological polar surface area (TPSA) is 4.93 Å². The third-order valence-corrected chi connectivity index (χ3v) is 11.2. The minimum Gasteiger partial charge on any atom is -0.307 e. The highest BCUT2D eigenvalue weighted by atomic mass is 15.0. The van der Waals surface area contributed by atoms with E-state index >= 15 is 0 Å². The molecule has 0 radical (unpaired) electrons. The van der Waals surface area contributed by atoms with E-state index in [1.807, 2.05) is 0 Å². The van der Waals surface area contributed by atoms with Crippen LogP contribution >= 0.6 is 0 Å². The maximum atomic E-state index is 2.60. The van der Waals surface area contributed by atoms with Gasteiger partial charge in [-0.3, -0.25) is 0 Å². The zero-order chi connectivity index (χ0) is 33.5. The molecule has 1 aliphatic carbocycles. The molecule has 0 saturated carbocycles. The third-order valence-electron chi connectivity index (χ3n) is 11.2. The number of para-hydroxylation sites is 1. The summed E-state index contributed by atoms with van der Waals surface area (Å²) < 4.78 is 2.60. The number of rotatable bonds is 3. The van der Waals surface area contributed by atoms with Crippen molar-refractivity contribution in [1.82, 2.24) is 4.57 Å². The second kappa shape index (κ2) is 11.0. The summed E-state index contributed by atoms with van der Waals surface area (Å²) in [4.78, 5) is 0. The summed E-state index contributed by atoms with van der Waals surface area (Å²) in [5, 5.41) is 15.7. The molecule has 1 aliphatic rings. The molecule has 238 valence electrons. The summed E-state index contributed by atoms with van der Waals surface area (Å²) in [6, 6.07) is 60.6. The number of nitrogens with zero attached hydrogens (tertiary/aromatic N) is 1. The normalized spacial score (nSPS) is 12.9. The molecule has 0 saturated heterocycles. The molecule has 0 unspecified atom stereocenters. The molecule has 1 heteroatoms. The molecule has 0 N–H and O–H groups in total. The van der Waals surface area contributed by atoms with Crippen molar-refractivity contribution in [3.63, 3.8) is 0 Å². The van der Waals surface area contributed by atoms with Crippen molar-refractivity contribution >= 4 is 77.0 Å². The number of hydrogen-bond donors (Lipinski definition) is 0. The Hall–Kier alpha value is -6.44. The highest BCUT2D eigenvalue weighted by molar-refractivity contribution is 6.33. The van der Waals surface area contributed by atoms with Crippen molar-refractivity contribution in [1.29, 1.82) is 0 Å². The summed E-state index contributed by atoms with van der Waals surface area (Å²) in [5.41, 5.74) is 8.72. The predicted molar refractivity (Wildman–Crippen MR) is 219 cm³/mol. The fraction of sp³-hybridized carbons (Fsp3) is 0.0400. The number of benzene rings is 9. The highest BCUT2D eigenvalue weighted by Gasteiger charge is 2.23. The van der Waals surface area contributed by atoms with Crippen LogP contribution in [-0.2, 0) is 0 Å². The van der Waals surface area contributed by atoms with Gasteiger partial charge in [-0.1, -0.05) is 170 Å². The summed E-state index contributed by atoms with van der Waals surface area (Å²) in [6.45, 7) is 0. The van der Waals surface area contributed by atoms with Gasteiger partial charge in [0, 0.05) is 26.9 Å². The van der Waals surface area contributed by atoms with Crippen LogP contribution in [0.4, 0.5) is 0 Å². The van der Waals surface area contributed by atoms with Gasteiger partial charge >= 0.3 is 0 Å². The average Bonchev–Trinajstić information content (AvgIpc) is 3.55. The Balaban J connectivity index is 1.32. The number of fused-ring (bicyclic) bond motifs is 12. The molecule has 0 spiro atoms. The van der Waals surface area contributed by atoms with E-state index in [1.165, 1.54) is 103 Å². The van der Waals surface area contributed by atoms with Crippen LogP contribution in [0.1, 0.15) is 12.8 Å². The number of hydrogen-bond acceptors (Lipinski definition) is 0. The minimum atomic E-state index is 1.07. The molecule has 11 rings (SSSR count). The molecular formula is C50H33N. The second-order valence-electron chi connectivity index (χ2n) is 13.9. The van der Waals surface area contributed by atoms with E-state index in [1.54, 1.807) is 0 Å². The van der Waals surface area contributed by atoms with E-state index in [-0.39, 0.29) is 0 Å². The molecule has 1 nitrogen and oxygen atoms in total. The first kappa shape index (κ1) is 28.4. The highest BCUT2D eigenvalue weighted by Crippen LogP contribution is 2.46. The van der Waals surface area contributed by atoms with Gasteiger partial charge in [-0.05, 0) is 78.5 Å². The summed E-state index contributed by atoms with van der Waals surface area (Å²) >= 11 is 0. The minimum absolute atomic E-state index is 1.07. The lowest BCUT2D eigenvalue weighted by atomic mass is 9.89. The van der Waals surface area contributed by atoms with Gasteiger partial charge < -0.3 is 4.57 Å². The number of aromatic nitrogens is 1. The molecule has 51 heavy (non-hydrogen) atoms. The van der Waals surface area contributed by atoms with Crippen LogP contribution in [0.15, 0.2) is 164 Å². The Labute approximate surface area is 295 Å². The first-order chi connectivity index (χ1) is 25.3. The summed E-state index contributed by atoms with van der Waals surface area (Å²) in [6.07, 6.45) is 7.06. The lowest BCUT2D eigenvalue weighted by Crippen LogP contribution is -2.27. The predicted octanol–water partition coefficient (Wildman–Crippen LogP) is 12.1. The van der Waals surface area contributed by atoms with E-state index in [4.69, 9.17) is 0 Å². The van der Waals surface area contributed by atoms with Gasteiger partial charge in [-0.2, -0.15) is 0 Å².